The van der Waals surface area contributed by atoms with Crippen molar-refractivity contribution in [1.82, 2.24) is 10.3 Å². The van der Waals surface area contributed by atoms with Gasteiger partial charge in [-0.25, -0.2) is 0 Å². The second kappa shape index (κ2) is 7.40. The molecule has 2 N–H and O–H groups in total. The number of hydrogen-bond acceptors (Lipinski definition) is 2. The van der Waals surface area contributed by atoms with Gasteiger partial charge in [0.15, 0.2) is 0 Å². The van der Waals surface area contributed by atoms with Crippen LogP contribution in [0.25, 0.3) is 0 Å². The molecule has 4 heterocycles. The number of hydrogen-bond donors (Lipinski definition) is 2. The third-order valence-electron chi connectivity index (χ3n) is 5.65. The summed E-state index contributed by atoms with van der Waals surface area (Å²) in [6, 6.07) is 2.72. The minimum atomic E-state index is -4.29. The van der Waals surface area contributed by atoms with E-state index < -0.39 is 11.7 Å². The van der Waals surface area contributed by atoms with Crippen LogP contribution in [0, 0.1) is 0 Å². The highest BCUT2D eigenvalue weighted by Gasteiger charge is 2.55. The topological polar surface area (TPSA) is 29.4 Å². The second-order valence-corrected chi connectivity index (χ2v) is 7.13. The molecule has 24 heavy (non-hydrogen) atoms. The zero-order valence-corrected chi connectivity index (χ0v) is 14.1. The van der Waals surface area contributed by atoms with Gasteiger partial charge in [-0.1, -0.05) is 12.8 Å². The Hall–Kier alpha value is -1.14. The molecule has 6 heteroatoms. The molecule has 0 bridgehead atoms. The Bertz CT molecular complexity index is 510. The van der Waals surface area contributed by atoms with Crippen molar-refractivity contribution < 1.29 is 18.1 Å². The zero-order chi connectivity index (χ0) is 17.0. The average Bonchev–Trinajstić information content (AvgIpc) is 2.77. The van der Waals surface area contributed by atoms with Crippen LogP contribution in [0.4, 0.5) is 13.2 Å². The fraction of sp³-hybridized carbons (Fsp3) is 0.722. The van der Waals surface area contributed by atoms with E-state index in [2.05, 4.69) is 10.3 Å². The monoisotopic (exact) mass is 342 g/mol. The summed E-state index contributed by atoms with van der Waals surface area (Å²) in [7, 11) is 0. The number of fused-ring (bicyclic) bond motifs is 1. The molecule has 3 fully saturated rings. The molecular weight excluding hydrogens is 315 g/mol. The maximum Gasteiger partial charge on any atom is 0.417 e. The Labute approximate surface area is 141 Å². The van der Waals surface area contributed by atoms with Gasteiger partial charge in [-0.05, 0) is 38.1 Å². The van der Waals surface area contributed by atoms with Gasteiger partial charge in [0.2, 0.25) is 0 Å². The third-order valence-corrected chi connectivity index (χ3v) is 5.65. The number of aromatic nitrogens is 1. The summed E-state index contributed by atoms with van der Waals surface area (Å²) in [5, 5.41) is 3.35. The first-order valence-corrected chi connectivity index (χ1v) is 9.12. The lowest BCUT2D eigenvalue weighted by molar-refractivity contribution is -0.992. The Morgan fingerprint density at radius 1 is 0.958 bits per heavy atom. The Morgan fingerprint density at radius 3 is 2.21 bits per heavy atom. The van der Waals surface area contributed by atoms with Gasteiger partial charge in [-0.2, -0.15) is 13.2 Å². The van der Waals surface area contributed by atoms with Crippen molar-refractivity contribution in [2.75, 3.05) is 26.2 Å². The van der Waals surface area contributed by atoms with Crippen LogP contribution in [0.15, 0.2) is 18.3 Å². The van der Waals surface area contributed by atoms with Gasteiger partial charge in [0.1, 0.15) is 11.2 Å². The number of quaternary nitrogens is 1. The third kappa shape index (κ3) is 3.75. The summed E-state index contributed by atoms with van der Waals surface area (Å²) >= 11 is 0. The van der Waals surface area contributed by atoms with E-state index in [1.807, 2.05) is 0 Å². The molecule has 134 valence electrons. The van der Waals surface area contributed by atoms with Crippen LogP contribution in [0.1, 0.15) is 56.2 Å². The zero-order valence-electron chi connectivity index (χ0n) is 14.1. The van der Waals surface area contributed by atoms with Crippen LogP contribution in [-0.4, -0.2) is 31.2 Å². The Kier molecular flexibility index (Phi) is 5.45. The van der Waals surface area contributed by atoms with E-state index >= 15 is 0 Å². The standard InChI is InChI=1S/C12H13F3N2.C6H13N/c13-12(14,15)9-2-3-10(16-8-9)11-4-1-6-17(11)7-5-11;1-2-4-6-7-5-3-1/h2-3,8H,1,4-7H2;7H,1-6H2/p+1. The van der Waals surface area contributed by atoms with E-state index in [1.54, 1.807) is 6.07 Å². The lowest BCUT2D eigenvalue weighted by Gasteiger charge is -2.43. The highest BCUT2D eigenvalue weighted by atomic mass is 19.4. The van der Waals surface area contributed by atoms with E-state index in [0.717, 1.165) is 50.3 Å². The summed E-state index contributed by atoms with van der Waals surface area (Å²) in [6.45, 7) is 4.76. The van der Waals surface area contributed by atoms with Gasteiger partial charge in [-0.15, -0.1) is 0 Å². The molecule has 3 aliphatic rings. The molecule has 4 rings (SSSR count). The van der Waals surface area contributed by atoms with E-state index in [1.165, 1.54) is 43.7 Å². The SMILES string of the molecule is C1CCCNCC1.FC(F)(F)c1ccc(C23CCC[NH+]2CC3)nc1. The molecule has 2 atom stereocenters. The number of rotatable bonds is 1. The number of nitrogens with zero attached hydrogens (tertiary/aromatic N) is 1. The van der Waals surface area contributed by atoms with Crippen molar-refractivity contribution in [1.29, 1.82) is 0 Å². The van der Waals surface area contributed by atoms with E-state index in [0.29, 0.717) is 0 Å². The molecule has 0 radical (unpaired) electrons. The highest BCUT2D eigenvalue weighted by Crippen LogP contribution is 2.35. The van der Waals surface area contributed by atoms with Gasteiger partial charge in [-0.3, -0.25) is 4.98 Å². The lowest BCUT2D eigenvalue weighted by Crippen LogP contribution is -3.23. The van der Waals surface area contributed by atoms with E-state index in [4.69, 9.17) is 0 Å². The minimum absolute atomic E-state index is 0.0319. The minimum Gasteiger partial charge on any atom is -0.325 e. The first-order chi connectivity index (χ1) is 11.5. The lowest BCUT2D eigenvalue weighted by atomic mass is 9.81. The van der Waals surface area contributed by atoms with E-state index in [-0.39, 0.29) is 5.54 Å². The fourth-order valence-corrected chi connectivity index (χ4v) is 4.13. The van der Waals surface area contributed by atoms with Crippen molar-refractivity contribution in [3.8, 4) is 0 Å². The van der Waals surface area contributed by atoms with Crippen LogP contribution in [0.2, 0.25) is 0 Å². The molecule has 0 saturated carbocycles. The quantitative estimate of drug-likeness (QED) is 0.821. The van der Waals surface area contributed by atoms with Crippen molar-refractivity contribution in [2.24, 2.45) is 0 Å². The van der Waals surface area contributed by atoms with Crippen LogP contribution >= 0.6 is 0 Å². The Balaban J connectivity index is 0.000000203. The summed E-state index contributed by atoms with van der Waals surface area (Å²) < 4.78 is 37.3. The second-order valence-electron chi connectivity index (χ2n) is 7.13. The smallest absolute Gasteiger partial charge is 0.325 e. The molecule has 0 aliphatic carbocycles. The summed E-state index contributed by atoms with van der Waals surface area (Å²) in [5.74, 6) is 0. The van der Waals surface area contributed by atoms with Crippen LogP contribution in [-0.2, 0) is 11.7 Å². The number of pyridine rings is 1. The van der Waals surface area contributed by atoms with Gasteiger partial charge in [0.25, 0.3) is 0 Å². The van der Waals surface area contributed by atoms with Gasteiger partial charge in [0.05, 0.1) is 25.1 Å². The van der Waals surface area contributed by atoms with Crippen molar-refractivity contribution in [3.63, 3.8) is 0 Å². The number of nitrogens with one attached hydrogen (secondary N) is 2. The van der Waals surface area contributed by atoms with Crippen LogP contribution < -0.4 is 10.2 Å². The molecular formula is C18H27F3N3+. The van der Waals surface area contributed by atoms with Gasteiger partial charge < -0.3 is 10.2 Å². The summed E-state index contributed by atoms with van der Waals surface area (Å²) in [5.41, 5.74) is 0.213. The van der Waals surface area contributed by atoms with Gasteiger partial charge >= 0.3 is 6.18 Å². The van der Waals surface area contributed by atoms with E-state index in [9.17, 15) is 13.2 Å². The van der Waals surface area contributed by atoms with Crippen LogP contribution in [0.5, 0.6) is 0 Å². The van der Waals surface area contributed by atoms with Crippen molar-refractivity contribution in [3.05, 3.63) is 29.6 Å². The molecule has 0 spiro atoms. The number of alkyl halides is 3. The maximum absolute atomic E-state index is 12.4. The first kappa shape index (κ1) is 17.7. The van der Waals surface area contributed by atoms with Gasteiger partial charge in [0, 0.05) is 19.0 Å². The van der Waals surface area contributed by atoms with Crippen LogP contribution in [0.3, 0.4) is 0 Å². The first-order valence-electron chi connectivity index (χ1n) is 9.12. The predicted octanol–water partition coefficient (Wildman–Crippen LogP) is 2.53. The molecule has 0 amide bonds. The molecule has 2 unspecified atom stereocenters. The fourth-order valence-electron chi connectivity index (χ4n) is 4.13. The molecule has 1 aromatic rings. The maximum atomic E-state index is 12.4. The summed E-state index contributed by atoms with van der Waals surface area (Å²) in [6.07, 6.45) is 5.60. The average molecular weight is 342 g/mol. The van der Waals surface area contributed by atoms with Crippen molar-refractivity contribution >= 4 is 0 Å². The predicted molar refractivity (Wildman–Crippen MR) is 86.8 cm³/mol. The summed E-state index contributed by atoms with van der Waals surface area (Å²) in [4.78, 5) is 5.55. The van der Waals surface area contributed by atoms with Crippen molar-refractivity contribution in [2.45, 2.75) is 56.7 Å². The molecule has 3 saturated heterocycles. The largest absolute Gasteiger partial charge is 0.417 e. The molecule has 1 aromatic heterocycles. The normalized spacial score (nSPS) is 29.7. The Morgan fingerprint density at radius 2 is 1.71 bits per heavy atom. The molecule has 0 aromatic carbocycles. The molecule has 3 aliphatic heterocycles. The molecule has 3 nitrogen and oxygen atoms in total. The number of halogens is 3. The highest BCUT2D eigenvalue weighted by molar-refractivity contribution is 5.22.